The van der Waals surface area contributed by atoms with Crippen LogP contribution in [0.3, 0.4) is 0 Å². The van der Waals surface area contributed by atoms with Crippen LogP contribution in [0.5, 0.6) is 5.75 Å². The normalized spacial score (nSPS) is 15.1. The second-order valence-electron chi connectivity index (χ2n) is 6.13. The maximum Gasteiger partial charge on any atom is 0.303 e. The highest BCUT2D eigenvalue weighted by Gasteiger charge is 2.34. The van der Waals surface area contributed by atoms with E-state index in [0.29, 0.717) is 11.5 Å². The zero-order chi connectivity index (χ0) is 17.1. The van der Waals surface area contributed by atoms with Crippen LogP contribution >= 0.6 is 11.6 Å². The molecule has 24 heavy (non-hydrogen) atoms. The summed E-state index contributed by atoms with van der Waals surface area (Å²) in [4.78, 5) is 11.1. The van der Waals surface area contributed by atoms with Crippen molar-refractivity contribution >= 4 is 17.6 Å². The van der Waals surface area contributed by atoms with Gasteiger partial charge in [0.05, 0.1) is 11.4 Å². The Kier molecular flexibility index (Phi) is 5.05. The molecule has 0 bridgehead atoms. The predicted octanol–water partition coefficient (Wildman–Crippen LogP) is 5.03. The topological polar surface area (TPSA) is 46.5 Å². The lowest BCUT2D eigenvalue weighted by atomic mass is 9.91. The molecule has 0 heterocycles. The fourth-order valence-corrected chi connectivity index (χ4v) is 3.18. The van der Waals surface area contributed by atoms with Gasteiger partial charge in [0, 0.05) is 0 Å². The number of aliphatic carboxylic acids is 1. The molecule has 1 fully saturated rings. The Hall–Kier alpha value is -2.07. The maximum absolute atomic E-state index is 14.4. The first-order valence-electron chi connectivity index (χ1n) is 7.92. The molecule has 3 rings (SSSR count). The summed E-state index contributed by atoms with van der Waals surface area (Å²) >= 11 is 6.19. The Morgan fingerprint density at radius 1 is 1.29 bits per heavy atom. The molecule has 1 aliphatic rings. The fraction of sp³-hybridized carbons (Fsp3) is 0.316. The minimum atomic E-state index is -0.882. The molecule has 2 aromatic rings. The molecule has 1 atom stereocenters. The third-order valence-electron chi connectivity index (χ3n) is 4.26. The van der Waals surface area contributed by atoms with E-state index in [9.17, 15) is 9.18 Å². The molecule has 1 aliphatic carbocycles. The van der Waals surface area contributed by atoms with Crippen LogP contribution in [-0.4, -0.2) is 11.1 Å². The number of carboxylic acids is 1. The van der Waals surface area contributed by atoms with Gasteiger partial charge in [-0.15, -0.1) is 0 Å². The van der Waals surface area contributed by atoms with Gasteiger partial charge < -0.3 is 9.84 Å². The van der Waals surface area contributed by atoms with E-state index in [1.165, 1.54) is 6.07 Å². The minimum Gasteiger partial charge on any atom is -0.484 e. The van der Waals surface area contributed by atoms with E-state index in [1.54, 1.807) is 6.07 Å². The van der Waals surface area contributed by atoms with Crippen LogP contribution in [0.1, 0.15) is 36.3 Å². The number of rotatable bonds is 7. The van der Waals surface area contributed by atoms with Gasteiger partial charge in [-0.05, 0) is 47.9 Å². The zero-order valence-electron chi connectivity index (χ0n) is 13.0. The number of hydrogen-bond acceptors (Lipinski definition) is 2. The van der Waals surface area contributed by atoms with Crippen LogP contribution < -0.4 is 4.74 Å². The Balaban J connectivity index is 1.78. The summed E-state index contributed by atoms with van der Waals surface area (Å²) < 4.78 is 20.0. The molecule has 3 nitrogen and oxygen atoms in total. The lowest BCUT2D eigenvalue weighted by Gasteiger charge is -2.17. The molecule has 2 aromatic carbocycles. The highest BCUT2D eigenvalue weighted by atomic mass is 35.5. The van der Waals surface area contributed by atoms with E-state index in [4.69, 9.17) is 21.4 Å². The Labute approximate surface area is 145 Å². The standard InChI is InChI=1S/C19H18ClFO3/c20-16-8-14(15(10-18(22)23)13-6-7-13)9-17(21)19(16)24-11-12-4-2-1-3-5-12/h1-5,8-9,13,15H,6-7,10-11H2,(H,22,23). The minimum absolute atomic E-state index is 0.00846. The van der Waals surface area contributed by atoms with Gasteiger partial charge in [-0.25, -0.2) is 4.39 Å². The van der Waals surface area contributed by atoms with Crippen LogP contribution in [0.2, 0.25) is 5.02 Å². The summed E-state index contributed by atoms with van der Waals surface area (Å²) in [6, 6.07) is 12.4. The molecule has 1 saturated carbocycles. The predicted molar refractivity (Wildman–Crippen MR) is 89.9 cm³/mol. The van der Waals surface area contributed by atoms with Gasteiger partial charge in [0.1, 0.15) is 6.61 Å². The number of halogens is 2. The number of carboxylic acid groups (broad SMARTS) is 1. The Morgan fingerprint density at radius 2 is 2.00 bits per heavy atom. The Morgan fingerprint density at radius 3 is 2.58 bits per heavy atom. The van der Waals surface area contributed by atoms with E-state index in [2.05, 4.69) is 0 Å². The van der Waals surface area contributed by atoms with Crippen molar-refractivity contribution in [3.8, 4) is 5.75 Å². The summed E-state index contributed by atoms with van der Waals surface area (Å²) in [7, 11) is 0. The largest absolute Gasteiger partial charge is 0.484 e. The maximum atomic E-state index is 14.4. The van der Waals surface area contributed by atoms with E-state index >= 15 is 0 Å². The van der Waals surface area contributed by atoms with Crippen LogP contribution in [0.15, 0.2) is 42.5 Å². The zero-order valence-corrected chi connectivity index (χ0v) is 13.8. The summed E-state index contributed by atoms with van der Waals surface area (Å²) in [6.07, 6.45) is 1.94. The molecule has 0 amide bonds. The van der Waals surface area contributed by atoms with Gasteiger partial charge in [0.25, 0.3) is 0 Å². The first-order valence-corrected chi connectivity index (χ1v) is 8.30. The van der Waals surface area contributed by atoms with Gasteiger partial charge in [0.2, 0.25) is 0 Å². The number of benzene rings is 2. The molecule has 0 radical (unpaired) electrons. The highest BCUT2D eigenvalue weighted by Crippen LogP contribution is 2.46. The number of ether oxygens (including phenoxy) is 1. The first kappa shape index (κ1) is 16.8. The van der Waals surface area contributed by atoms with Gasteiger partial charge in [-0.2, -0.15) is 0 Å². The monoisotopic (exact) mass is 348 g/mol. The third kappa shape index (κ3) is 4.06. The summed E-state index contributed by atoms with van der Waals surface area (Å²) in [6.45, 7) is 0.220. The van der Waals surface area contributed by atoms with Gasteiger partial charge in [-0.3, -0.25) is 4.79 Å². The molecule has 0 saturated heterocycles. The molecule has 5 heteroatoms. The summed E-state index contributed by atoms with van der Waals surface area (Å²) in [5.74, 6) is -1.32. The van der Waals surface area contributed by atoms with E-state index < -0.39 is 11.8 Å². The second kappa shape index (κ2) is 7.22. The van der Waals surface area contributed by atoms with Gasteiger partial charge in [-0.1, -0.05) is 41.9 Å². The summed E-state index contributed by atoms with van der Waals surface area (Å²) in [5, 5.41) is 9.25. The van der Waals surface area contributed by atoms with Crippen molar-refractivity contribution < 1.29 is 19.0 Å². The SMILES string of the molecule is O=C(O)CC(c1cc(F)c(OCc2ccccc2)c(Cl)c1)C1CC1. The van der Waals surface area contributed by atoms with Gasteiger partial charge >= 0.3 is 5.97 Å². The van der Waals surface area contributed by atoms with E-state index in [1.807, 2.05) is 30.3 Å². The van der Waals surface area contributed by atoms with Gasteiger partial charge in [0.15, 0.2) is 11.6 Å². The average Bonchev–Trinajstić information content (AvgIpc) is 3.37. The molecule has 0 spiro atoms. The molecule has 0 aromatic heterocycles. The number of hydrogen-bond donors (Lipinski definition) is 1. The highest BCUT2D eigenvalue weighted by molar-refractivity contribution is 6.32. The van der Waals surface area contributed by atoms with Crippen molar-refractivity contribution in [3.05, 3.63) is 64.4 Å². The van der Waals surface area contributed by atoms with Crippen molar-refractivity contribution in [1.29, 1.82) is 0 Å². The average molecular weight is 349 g/mol. The summed E-state index contributed by atoms with van der Waals surface area (Å²) in [5.41, 5.74) is 1.55. The van der Waals surface area contributed by atoms with Crippen LogP contribution in [-0.2, 0) is 11.4 Å². The molecular formula is C19H18ClFO3. The van der Waals surface area contributed by atoms with Crippen LogP contribution in [0, 0.1) is 11.7 Å². The van der Waals surface area contributed by atoms with Crippen molar-refractivity contribution in [2.45, 2.75) is 31.8 Å². The first-order chi connectivity index (χ1) is 11.5. The molecule has 1 N–H and O–H groups in total. The van der Waals surface area contributed by atoms with Crippen molar-refractivity contribution in [2.24, 2.45) is 5.92 Å². The quantitative estimate of drug-likeness (QED) is 0.763. The molecule has 0 aliphatic heterocycles. The van der Waals surface area contributed by atoms with Crippen molar-refractivity contribution in [3.63, 3.8) is 0 Å². The number of carbonyl (C=O) groups is 1. The third-order valence-corrected chi connectivity index (χ3v) is 4.54. The van der Waals surface area contributed by atoms with E-state index in [0.717, 1.165) is 18.4 Å². The van der Waals surface area contributed by atoms with Crippen LogP contribution in [0.25, 0.3) is 0 Å². The van der Waals surface area contributed by atoms with Crippen molar-refractivity contribution in [2.75, 3.05) is 0 Å². The smallest absolute Gasteiger partial charge is 0.303 e. The van der Waals surface area contributed by atoms with Crippen molar-refractivity contribution in [1.82, 2.24) is 0 Å². The Bertz CT molecular complexity index is 706. The second-order valence-corrected chi connectivity index (χ2v) is 6.54. The molecular weight excluding hydrogens is 331 g/mol. The lowest BCUT2D eigenvalue weighted by Crippen LogP contribution is -2.09. The van der Waals surface area contributed by atoms with Crippen LogP contribution in [0.4, 0.5) is 4.39 Å². The molecule has 126 valence electrons. The van der Waals surface area contributed by atoms with E-state index in [-0.39, 0.29) is 29.7 Å². The lowest BCUT2D eigenvalue weighted by molar-refractivity contribution is -0.137. The fourth-order valence-electron chi connectivity index (χ4n) is 2.90. The molecule has 1 unspecified atom stereocenters.